The number of amides is 1. The number of carbonyl (C=O) groups excluding carboxylic acids is 1. The molecule has 2 heterocycles. The first kappa shape index (κ1) is 23.6. The molecule has 0 aliphatic heterocycles. The average molecular weight is 483 g/mol. The summed E-state index contributed by atoms with van der Waals surface area (Å²) in [5.74, 6) is 1.66. The normalized spacial score (nSPS) is 22.2. The first-order valence-corrected chi connectivity index (χ1v) is 12.2. The Bertz CT molecular complexity index is 1240. The fourth-order valence-corrected chi connectivity index (χ4v) is 5.78. The topological polar surface area (TPSA) is 72.1 Å². The van der Waals surface area contributed by atoms with Crippen LogP contribution in [0, 0.1) is 18.8 Å². The Morgan fingerprint density at radius 3 is 2.63 bits per heavy atom. The van der Waals surface area contributed by atoms with Crippen LogP contribution in [0.2, 0.25) is 0 Å². The Morgan fingerprint density at radius 1 is 1.09 bits per heavy atom. The van der Waals surface area contributed by atoms with Gasteiger partial charge in [-0.15, -0.1) is 0 Å². The minimum atomic E-state index is -4.44. The number of nitrogens with zero attached hydrogens (tertiary/aromatic N) is 3. The highest BCUT2D eigenvalue weighted by Gasteiger charge is 2.38. The maximum Gasteiger partial charge on any atom is 0.417 e. The van der Waals surface area contributed by atoms with Gasteiger partial charge in [0.25, 0.3) is 5.91 Å². The van der Waals surface area contributed by atoms with Crippen molar-refractivity contribution in [3.05, 3.63) is 65.0 Å². The van der Waals surface area contributed by atoms with Gasteiger partial charge in [-0.25, -0.2) is 4.98 Å². The number of pyridine rings is 2. The van der Waals surface area contributed by atoms with Crippen LogP contribution in [0.1, 0.15) is 65.7 Å². The van der Waals surface area contributed by atoms with Crippen LogP contribution in [0.4, 0.5) is 19.0 Å². The fraction of sp³-hybridized carbons (Fsp3) is 0.444. The van der Waals surface area contributed by atoms with Crippen molar-refractivity contribution in [3.63, 3.8) is 0 Å². The number of fused-ring (bicyclic) bond motifs is 2. The predicted molar refractivity (Wildman–Crippen MR) is 128 cm³/mol. The molecule has 0 saturated heterocycles. The molecule has 3 atom stereocenters. The standard InChI is InChI=1S/C27H29F3N4O/c1-16-11-20-12-19(6-10-24(20)33-25(16)31)26(35)34(23-9-5-17-3-2-4-18(17)13-23)15-22-8-7-21(14-32-22)27(28,29)30/h6-8,10-12,14,17-18,23H,2-5,9,13,15H2,1H3,(H2,31,33)/t17-,18+,23-/m0/s1. The molecule has 3 aromatic rings. The third-order valence-corrected chi connectivity index (χ3v) is 7.74. The van der Waals surface area contributed by atoms with Gasteiger partial charge in [0.05, 0.1) is 23.3 Å². The lowest BCUT2D eigenvalue weighted by Gasteiger charge is -2.39. The molecule has 2 aromatic heterocycles. The zero-order chi connectivity index (χ0) is 24.7. The van der Waals surface area contributed by atoms with Gasteiger partial charge in [-0.3, -0.25) is 9.78 Å². The number of hydrogen-bond acceptors (Lipinski definition) is 4. The molecule has 0 spiro atoms. The summed E-state index contributed by atoms with van der Waals surface area (Å²) in [6.07, 6.45) is 3.00. The van der Waals surface area contributed by atoms with Crippen molar-refractivity contribution in [2.75, 3.05) is 5.73 Å². The van der Waals surface area contributed by atoms with Gasteiger partial charge in [-0.05, 0) is 80.0 Å². The summed E-state index contributed by atoms with van der Waals surface area (Å²) in [5, 5.41) is 0.828. The number of aromatic nitrogens is 2. The van der Waals surface area contributed by atoms with Crippen molar-refractivity contribution in [1.29, 1.82) is 0 Å². The lowest BCUT2D eigenvalue weighted by Crippen LogP contribution is -2.43. The highest BCUT2D eigenvalue weighted by Crippen LogP contribution is 2.44. The molecule has 2 N–H and O–H groups in total. The van der Waals surface area contributed by atoms with E-state index in [1.165, 1.54) is 25.3 Å². The SMILES string of the molecule is Cc1cc2cc(C(=O)N(Cc3ccc(C(F)(F)F)cn3)[C@H]3CC[C@@H]4CCC[C@@H]4C3)ccc2nc1N. The van der Waals surface area contributed by atoms with E-state index in [4.69, 9.17) is 5.73 Å². The third kappa shape index (κ3) is 4.83. The fourth-order valence-electron chi connectivity index (χ4n) is 5.78. The van der Waals surface area contributed by atoms with Crippen molar-refractivity contribution < 1.29 is 18.0 Å². The van der Waals surface area contributed by atoms with E-state index in [1.54, 1.807) is 12.1 Å². The van der Waals surface area contributed by atoms with Crippen molar-refractivity contribution in [1.82, 2.24) is 14.9 Å². The molecule has 8 heteroatoms. The molecule has 5 nitrogen and oxygen atoms in total. The number of alkyl halides is 3. The zero-order valence-electron chi connectivity index (χ0n) is 19.7. The Balaban J connectivity index is 1.46. The van der Waals surface area contributed by atoms with E-state index in [2.05, 4.69) is 9.97 Å². The van der Waals surface area contributed by atoms with Crippen LogP contribution >= 0.6 is 0 Å². The molecule has 2 fully saturated rings. The largest absolute Gasteiger partial charge is 0.417 e. The van der Waals surface area contributed by atoms with Crippen LogP contribution in [0.15, 0.2) is 42.6 Å². The number of rotatable bonds is 4. The molecule has 0 unspecified atom stereocenters. The summed E-state index contributed by atoms with van der Waals surface area (Å²) in [6.45, 7) is 2.05. The molecule has 2 aliphatic rings. The molecule has 35 heavy (non-hydrogen) atoms. The zero-order valence-corrected chi connectivity index (χ0v) is 19.7. The van der Waals surface area contributed by atoms with E-state index in [9.17, 15) is 18.0 Å². The summed E-state index contributed by atoms with van der Waals surface area (Å²) in [5.41, 5.74) is 7.68. The smallest absolute Gasteiger partial charge is 0.383 e. The number of benzene rings is 1. The monoisotopic (exact) mass is 482 g/mol. The molecule has 2 aliphatic carbocycles. The average Bonchev–Trinajstić information content (AvgIpc) is 3.30. The Hall–Kier alpha value is -3.16. The number of anilines is 1. The van der Waals surface area contributed by atoms with Crippen LogP contribution in [0.3, 0.4) is 0 Å². The van der Waals surface area contributed by atoms with E-state index >= 15 is 0 Å². The Morgan fingerprint density at radius 2 is 1.89 bits per heavy atom. The highest BCUT2D eigenvalue weighted by molar-refractivity contribution is 5.98. The molecule has 1 amide bonds. The first-order chi connectivity index (χ1) is 16.7. The van der Waals surface area contributed by atoms with E-state index in [0.717, 1.165) is 48.4 Å². The molecule has 0 bridgehead atoms. The summed E-state index contributed by atoms with van der Waals surface area (Å²) in [4.78, 5) is 24.1. The molecule has 5 rings (SSSR count). The second-order valence-electron chi connectivity index (χ2n) is 9.98. The van der Waals surface area contributed by atoms with Gasteiger partial charge in [0.15, 0.2) is 0 Å². The molecular formula is C27H29F3N4O. The van der Waals surface area contributed by atoms with Gasteiger partial charge >= 0.3 is 6.18 Å². The van der Waals surface area contributed by atoms with Crippen LogP contribution in [0.5, 0.6) is 0 Å². The molecule has 2 saturated carbocycles. The highest BCUT2D eigenvalue weighted by atomic mass is 19.4. The van der Waals surface area contributed by atoms with E-state index < -0.39 is 11.7 Å². The van der Waals surface area contributed by atoms with Gasteiger partial charge < -0.3 is 10.6 Å². The number of halogens is 3. The first-order valence-electron chi connectivity index (χ1n) is 12.2. The number of aryl methyl sites for hydroxylation is 1. The van der Waals surface area contributed by atoms with Crippen LogP contribution < -0.4 is 5.73 Å². The summed E-state index contributed by atoms with van der Waals surface area (Å²) >= 11 is 0. The second kappa shape index (κ2) is 9.13. The van der Waals surface area contributed by atoms with E-state index in [1.807, 2.05) is 24.0 Å². The Kier molecular flexibility index (Phi) is 6.15. The van der Waals surface area contributed by atoms with Crippen molar-refractivity contribution in [2.45, 2.75) is 64.2 Å². The number of carbonyl (C=O) groups is 1. The van der Waals surface area contributed by atoms with Gasteiger partial charge in [-0.2, -0.15) is 13.2 Å². The lowest BCUT2D eigenvalue weighted by atomic mass is 9.78. The summed E-state index contributed by atoms with van der Waals surface area (Å²) in [7, 11) is 0. The lowest BCUT2D eigenvalue weighted by molar-refractivity contribution is -0.137. The quantitative estimate of drug-likeness (QED) is 0.484. The van der Waals surface area contributed by atoms with Gasteiger partial charge in [0.2, 0.25) is 0 Å². The molecular weight excluding hydrogens is 453 g/mol. The Labute approximate surface area is 202 Å². The maximum absolute atomic E-state index is 13.8. The minimum Gasteiger partial charge on any atom is -0.383 e. The predicted octanol–water partition coefficient (Wildman–Crippen LogP) is 6.15. The van der Waals surface area contributed by atoms with Crippen LogP contribution in [0.25, 0.3) is 10.9 Å². The van der Waals surface area contributed by atoms with Crippen LogP contribution in [-0.2, 0) is 12.7 Å². The van der Waals surface area contributed by atoms with Crippen molar-refractivity contribution >= 4 is 22.6 Å². The number of nitrogen functional groups attached to an aromatic ring is 1. The summed E-state index contributed by atoms with van der Waals surface area (Å²) < 4.78 is 39.0. The van der Waals surface area contributed by atoms with E-state index in [0.29, 0.717) is 28.5 Å². The maximum atomic E-state index is 13.8. The number of nitrogens with two attached hydrogens (primary N) is 1. The van der Waals surface area contributed by atoms with E-state index in [-0.39, 0.29) is 18.5 Å². The third-order valence-electron chi connectivity index (χ3n) is 7.74. The van der Waals surface area contributed by atoms with Gasteiger partial charge in [-0.1, -0.05) is 19.3 Å². The second-order valence-corrected chi connectivity index (χ2v) is 9.98. The molecule has 0 radical (unpaired) electrons. The van der Waals surface area contributed by atoms with Crippen molar-refractivity contribution in [3.8, 4) is 0 Å². The summed E-state index contributed by atoms with van der Waals surface area (Å²) in [6, 6.07) is 9.73. The number of hydrogen-bond donors (Lipinski definition) is 1. The van der Waals surface area contributed by atoms with Gasteiger partial charge in [0.1, 0.15) is 5.82 Å². The molecule has 1 aromatic carbocycles. The van der Waals surface area contributed by atoms with Crippen LogP contribution in [-0.4, -0.2) is 26.8 Å². The molecule has 184 valence electrons. The van der Waals surface area contributed by atoms with Crippen molar-refractivity contribution in [2.24, 2.45) is 11.8 Å². The van der Waals surface area contributed by atoms with Gasteiger partial charge in [0, 0.05) is 23.2 Å². The minimum absolute atomic E-state index is 0.0351.